The molecule has 8 heteroatoms. The lowest BCUT2D eigenvalue weighted by atomic mass is 10.0. The van der Waals surface area contributed by atoms with Crippen LogP contribution < -0.4 is 21.7 Å². The topological polar surface area (TPSA) is 134 Å². The minimum Gasteiger partial charge on any atom is -0.391 e. The third-order valence-electron chi connectivity index (χ3n) is 5.37. The molecule has 0 bridgehead atoms. The first-order chi connectivity index (χ1) is 14.4. The number of nitrogens with one attached hydrogen (secondary N) is 3. The first-order valence-electron chi connectivity index (χ1n) is 10.8. The van der Waals surface area contributed by atoms with E-state index in [0.29, 0.717) is 0 Å². The Hall–Kier alpha value is -2.45. The lowest BCUT2D eigenvalue weighted by Gasteiger charge is -2.27. The largest absolute Gasteiger partial charge is 0.391 e. The van der Waals surface area contributed by atoms with Crippen LogP contribution in [-0.4, -0.2) is 53.1 Å². The van der Waals surface area contributed by atoms with Gasteiger partial charge in [-0.15, -0.1) is 0 Å². The van der Waals surface area contributed by atoms with Crippen molar-refractivity contribution in [3.05, 3.63) is 35.9 Å². The van der Waals surface area contributed by atoms with Crippen LogP contribution in [0.15, 0.2) is 30.3 Å². The van der Waals surface area contributed by atoms with Gasteiger partial charge in [0.05, 0.1) is 12.1 Å². The number of aliphatic hydroxyl groups excluding tert-OH is 1. The number of hydrogen-bond donors (Lipinski definition) is 5. The van der Waals surface area contributed by atoms with E-state index in [-0.39, 0.29) is 24.3 Å². The van der Waals surface area contributed by atoms with E-state index < -0.39 is 42.0 Å². The molecule has 3 amide bonds. The zero-order chi connectivity index (χ0) is 23.7. The van der Waals surface area contributed by atoms with E-state index in [1.54, 1.807) is 0 Å². The minimum atomic E-state index is -1.15. The molecule has 31 heavy (non-hydrogen) atoms. The van der Waals surface area contributed by atoms with Crippen molar-refractivity contribution in [3.8, 4) is 0 Å². The second-order valence-corrected chi connectivity index (χ2v) is 8.79. The maximum Gasteiger partial charge on any atom is 0.245 e. The van der Waals surface area contributed by atoms with Crippen molar-refractivity contribution in [1.82, 2.24) is 16.0 Å². The number of hydrogen-bond acceptors (Lipinski definition) is 5. The summed E-state index contributed by atoms with van der Waals surface area (Å²) in [6.45, 7) is 10.9. The van der Waals surface area contributed by atoms with E-state index in [9.17, 15) is 19.5 Å². The highest BCUT2D eigenvalue weighted by Gasteiger charge is 2.31. The van der Waals surface area contributed by atoms with Crippen molar-refractivity contribution in [2.45, 2.75) is 78.2 Å². The van der Waals surface area contributed by atoms with Gasteiger partial charge >= 0.3 is 0 Å². The van der Waals surface area contributed by atoms with Gasteiger partial charge < -0.3 is 26.8 Å². The summed E-state index contributed by atoms with van der Waals surface area (Å²) in [5, 5.41) is 18.2. The number of benzene rings is 1. The summed E-state index contributed by atoms with van der Waals surface area (Å²) in [7, 11) is 0. The Morgan fingerprint density at radius 2 is 1.42 bits per heavy atom. The van der Waals surface area contributed by atoms with Crippen LogP contribution in [0.2, 0.25) is 0 Å². The van der Waals surface area contributed by atoms with E-state index in [1.165, 1.54) is 6.92 Å². The molecule has 0 aliphatic rings. The Labute approximate surface area is 185 Å². The van der Waals surface area contributed by atoms with E-state index in [0.717, 1.165) is 5.56 Å². The van der Waals surface area contributed by atoms with Gasteiger partial charge in [-0.2, -0.15) is 0 Å². The molecule has 1 aromatic carbocycles. The first kappa shape index (κ1) is 26.6. The Balaban J connectivity index is 3.02. The standard InChI is InChI=1S/C23H38N4O4/c1-13(2)15(5)25-23(31)20(16(6)28)27-21(29)18(12-17-10-8-7-9-11-17)26-22(30)19(24)14(3)4/h7-11,13-16,18-20,28H,12,24H2,1-6H3,(H,25,31)(H,26,30)(H,27,29)/t15-,16-,18+,19+,20+/m1/s1. The van der Waals surface area contributed by atoms with E-state index in [1.807, 2.05) is 65.0 Å². The second kappa shape index (κ2) is 12.4. The molecule has 8 nitrogen and oxygen atoms in total. The summed E-state index contributed by atoms with van der Waals surface area (Å²) in [6, 6.07) is 6.23. The molecule has 174 valence electrons. The number of amides is 3. The van der Waals surface area contributed by atoms with Gasteiger partial charge in [-0.3, -0.25) is 14.4 Å². The summed E-state index contributed by atoms with van der Waals surface area (Å²) in [5.74, 6) is -1.40. The van der Waals surface area contributed by atoms with Crippen molar-refractivity contribution in [1.29, 1.82) is 0 Å². The van der Waals surface area contributed by atoms with Crippen molar-refractivity contribution in [2.75, 3.05) is 0 Å². The number of carbonyl (C=O) groups excluding carboxylic acids is 3. The number of aliphatic hydroxyl groups is 1. The normalized spacial score (nSPS) is 16.2. The molecule has 0 radical (unpaired) electrons. The monoisotopic (exact) mass is 434 g/mol. The average Bonchev–Trinajstić information content (AvgIpc) is 2.70. The first-order valence-corrected chi connectivity index (χ1v) is 10.8. The minimum absolute atomic E-state index is 0.103. The van der Waals surface area contributed by atoms with Gasteiger partial charge in [0, 0.05) is 12.5 Å². The maximum absolute atomic E-state index is 13.1. The molecule has 0 heterocycles. The van der Waals surface area contributed by atoms with E-state index >= 15 is 0 Å². The van der Waals surface area contributed by atoms with E-state index in [4.69, 9.17) is 5.73 Å². The van der Waals surface area contributed by atoms with Crippen LogP contribution in [0.5, 0.6) is 0 Å². The van der Waals surface area contributed by atoms with Crippen molar-refractivity contribution in [2.24, 2.45) is 17.6 Å². The van der Waals surface area contributed by atoms with Gasteiger partial charge in [0.25, 0.3) is 0 Å². The third kappa shape index (κ3) is 8.67. The molecule has 0 fully saturated rings. The van der Waals surface area contributed by atoms with E-state index in [2.05, 4.69) is 16.0 Å². The fourth-order valence-electron chi connectivity index (χ4n) is 2.77. The van der Waals surface area contributed by atoms with Crippen molar-refractivity contribution >= 4 is 17.7 Å². The number of carbonyl (C=O) groups is 3. The predicted octanol–water partition coefficient (Wildman–Crippen LogP) is 0.724. The molecule has 1 rings (SSSR count). The Kier molecular flexibility index (Phi) is 10.6. The molecule has 5 atom stereocenters. The van der Waals surface area contributed by atoms with Crippen molar-refractivity contribution < 1.29 is 19.5 Å². The molecule has 0 aromatic heterocycles. The summed E-state index contributed by atoms with van der Waals surface area (Å²) >= 11 is 0. The Morgan fingerprint density at radius 3 is 1.90 bits per heavy atom. The molecule has 6 N–H and O–H groups in total. The van der Waals surface area contributed by atoms with Gasteiger partial charge in [0.1, 0.15) is 12.1 Å². The third-order valence-corrected chi connectivity index (χ3v) is 5.37. The van der Waals surface area contributed by atoms with Gasteiger partial charge in [-0.25, -0.2) is 0 Å². The molecule has 0 saturated heterocycles. The van der Waals surface area contributed by atoms with Crippen molar-refractivity contribution in [3.63, 3.8) is 0 Å². The van der Waals surface area contributed by atoms with Gasteiger partial charge in [-0.1, -0.05) is 58.0 Å². The molecule has 0 saturated carbocycles. The molecule has 0 spiro atoms. The zero-order valence-corrected chi connectivity index (χ0v) is 19.4. The molecule has 0 aliphatic carbocycles. The average molecular weight is 435 g/mol. The summed E-state index contributed by atoms with van der Waals surface area (Å²) < 4.78 is 0. The molecule has 0 aliphatic heterocycles. The summed E-state index contributed by atoms with van der Waals surface area (Å²) in [5.41, 5.74) is 6.78. The highest BCUT2D eigenvalue weighted by Crippen LogP contribution is 2.07. The fraction of sp³-hybridized carbons (Fsp3) is 0.609. The second-order valence-electron chi connectivity index (χ2n) is 8.79. The quantitative estimate of drug-likeness (QED) is 0.350. The van der Waals surface area contributed by atoms with Gasteiger partial charge in [-0.05, 0) is 31.2 Å². The van der Waals surface area contributed by atoms with Crippen LogP contribution in [0.1, 0.15) is 47.1 Å². The molecular weight excluding hydrogens is 396 g/mol. The van der Waals surface area contributed by atoms with Gasteiger partial charge in [0.2, 0.25) is 17.7 Å². The fourth-order valence-corrected chi connectivity index (χ4v) is 2.77. The van der Waals surface area contributed by atoms with Crippen LogP contribution in [-0.2, 0) is 20.8 Å². The maximum atomic E-state index is 13.1. The SMILES string of the molecule is CC(C)[C@H](N)C(=O)N[C@@H](Cc1ccccc1)C(=O)N[C@H](C(=O)N[C@H](C)C(C)C)[C@@H](C)O. The lowest BCUT2D eigenvalue weighted by molar-refractivity contribution is -0.134. The highest BCUT2D eigenvalue weighted by molar-refractivity contribution is 5.93. The van der Waals surface area contributed by atoms with Crippen LogP contribution in [0, 0.1) is 11.8 Å². The van der Waals surface area contributed by atoms with Gasteiger partial charge in [0.15, 0.2) is 0 Å². The smallest absolute Gasteiger partial charge is 0.245 e. The number of nitrogens with two attached hydrogens (primary N) is 1. The lowest BCUT2D eigenvalue weighted by Crippen LogP contribution is -2.60. The highest BCUT2D eigenvalue weighted by atomic mass is 16.3. The summed E-state index contributed by atoms with van der Waals surface area (Å²) in [4.78, 5) is 38.2. The zero-order valence-electron chi connectivity index (χ0n) is 19.4. The van der Waals surface area contributed by atoms with Crippen LogP contribution in [0.25, 0.3) is 0 Å². The van der Waals surface area contributed by atoms with Crippen LogP contribution in [0.4, 0.5) is 0 Å². The molecular formula is C23H38N4O4. The number of rotatable bonds is 11. The Bertz CT molecular complexity index is 722. The van der Waals surface area contributed by atoms with Crippen LogP contribution in [0.3, 0.4) is 0 Å². The Morgan fingerprint density at radius 1 is 0.839 bits per heavy atom. The van der Waals surface area contributed by atoms with Crippen LogP contribution >= 0.6 is 0 Å². The molecule has 1 aromatic rings. The molecule has 0 unspecified atom stereocenters. The predicted molar refractivity (Wildman–Crippen MR) is 121 cm³/mol. The summed E-state index contributed by atoms with van der Waals surface area (Å²) in [6.07, 6.45) is -0.894.